The SMILES string of the molecule is O=C(CSc1ccc(C(F)(F)F)nn1)N1CCC(c2nc(C3=NOC(c4[c]cccc4Cl)C3)cs2)CC1. The molecule has 2 aliphatic rings. The molecule has 1 unspecified atom stereocenters. The fourth-order valence-electron chi connectivity index (χ4n) is 4.12. The number of nitrogens with zero attached hydrogens (tertiary/aromatic N) is 5. The summed E-state index contributed by atoms with van der Waals surface area (Å²) >= 11 is 8.92. The van der Waals surface area contributed by atoms with Crippen LogP contribution in [0.4, 0.5) is 13.2 Å². The number of carbonyl (C=O) groups excluding carboxylic acids is 1. The molecule has 1 aromatic carbocycles. The number of piperidine rings is 1. The molecule has 0 bridgehead atoms. The lowest BCUT2D eigenvalue weighted by Gasteiger charge is -2.31. The van der Waals surface area contributed by atoms with Gasteiger partial charge in [0.25, 0.3) is 0 Å². The van der Waals surface area contributed by atoms with Gasteiger partial charge in [-0.05, 0) is 37.1 Å². The van der Waals surface area contributed by atoms with Crippen molar-refractivity contribution in [3.8, 4) is 0 Å². The maximum Gasteiger partial charge on any atom is 0.435 e. The van der Waals surface area contributed by atoms with E-state index in [4.69, 9.17) is 21.4 Å². The third-order valence-electron chi connectivity index (χ3n) is 6.11. The molecule has 4 heterocycles. The molecule has 1 radical (unpaired) electrons. The molecule has 13 heteroatoms. The highest BCUT2D eigenvalue weighted by Gasteiger charge is 2.33. The van der Waals surface area contributed by atoms with E-state index < -0.39 is 11.9 Å². The van der Waals surface area contributed by atoms with E-state index in [-0.39, 0.29) is 28.7 Å². The number of carbonyl (C=O) groups is 1. The first-order valence-corrected chi connectivity index (χ1v) is 13.7. The maximum atomic E-state index is 12.6. The van der Waals surface area contributed by atoms with E-state index in [1.54, 1.807) is 28.4 Å². The van der Waals surface area contributed by atoms with Gasteiger partial charge in [0, 0.05) is 41.4 Å². The molecule has 1 atom stereocenters. The van der Waals surface area contributed by atoms with Gasteiger partial charge in [0.2, 0.25) is 5.91 Å². The van der Waals surface area contributed by atoms with Crippen LogP contribution in [-0.4, -0.2) is 50.5 Å². The normalized spacial score (nSPS) is 18.5. The van der Waals surface area contributed by atoms with Crippen LogP contribution in [0.5, 0.6) is 0 Å². The summed E-state index contributed by atoms with van der Waals surface area (Å²) in [6.45, 7) is 1.18. The Hall–Kier alpha value is -2.70. The molecule has 193 valence electrons. The van der Waals surface area contributed by atoms with Crippen LogP contribution in [0, 0.1) is 6.07 Å². The molecular formula is C24H20ClF3N5O2S2. The van der Waals surface area contributed by atoms with Gasteiger partial charge in [-0.3, -0.25) is 4.79 Å². The lowest BCUT2D eigenvalue weighted by molar-refractivity contribution is -0.141. The maximum absolute atomic E-state index is 12.6. The lowest BCUT2D eigenvalue weighted by atomic mass is 9.97. The third kappa shape index (κ3) is 6.07. The minimum absolute atomic E-state index is 0.0788. The Bertz CT molecular complexity index is 1290. The van der Waals surface area contributed by atoms with Crippen LogP contribution in [0.1, 0.15) is 53.2 Å². The van der Waals surface area contributed by atoms with Crippen LogP contribution < -0.4 is 0 Å². The molecular weight excluding hydrogens is 547 g/mol. The van der Waals surface area contributed by atoms with E-state index in [9.17, 15) is 18.0 Å². The van der Waals surface area contributed by atoms with Crippen molar-refractivity contribution < 1.29 is 22.8 Å². The first kappa shape index (κ1) is 25.9. The average Bonchev–Trinajstić information content (AvgIpc) is 3.58. The van der Waals surface area contributed by atoms with Gasteiger partial charge in [0.05, 0.1) is 16.5 Å². The average molecular weight is 567 g/mol. The third-order valence-corrected chi connectivity index (χ3v) is 8.36. The van der Waals surface area contributed by atoms with E-state index in [2.05, 4.69) is 21.4 Å². The highest BCUT2D eigenvalue weighted by molar-refractivity contribution is 7.99. The Morgan fingerprint density at radius 1 is 1.24 bits per heavy atom. The van der Waals surface area contributed by atoms with E-state index in [1.807, 2.05) is 11.4 Å². The number of amides is 1. The molecule has 0 N–H and O–H groups in total. The number of rotatable bonds is 6. The molecule has 5 rings (SSSR count). The van der Waals surface area contributed by atoms with Crippen LogP contribution in [0.25, 0.3) is 0 Å². The fraction of sp³-hybridized carbons (Fsp3) is 0.375. The zero-order valence-corrected chi connectivity index (χ0v) is 21.6. The quantitative estimate of drug-likeness (QED) is 0.352. The Kier molecular flexibility index (Phi) is 7.68. The number of hydrogen-bond donors (Lipinski definition) is 0. The van der Waals surface area contributed by atoms with Gasteiger partial charge in [-0.1, -0.05) is 40.7 Å². The van der Waals surface area contributed by atoms with Gasteiger partial charge in [-0.15, -0.1) is 21.5 Å². The fourth-order valence-corrected chi connectivity index (χ4v) is 6.08. The number of halogens is 4. The highest BCUT2D eigenvalue weighted by Crippen LogP contribution is 2.35. The number of likely N-dealkylation sites (tertiary alicyclic amines) is 1. The van der Waals surface area contributed by atoms with E-state index in [0.717, 1.165) is 52.6 Å². The molecule has 1 saturated heterocycles. The second-order valence-electron chi connectivity index (χ2n) is 8.54. The largest absolute Gasteiger partial charge is 0.435 e. The van der Waals surface area contributed by atoms with E-state index in [1.165, 1.54) is 6.07 Å². The summed E-state index contributed by atoms with van der Waals surface area (Å²) in [4.78, 5) is 24.8. The van der Waals surface area contributed by atoms with Crippen LogP contribution >= 0.6 is 34.7 Å². The Balaban J connectivity index is 1.10. The van der Waals surface area contributed by atoms with Crippen LogP contribution in [0.15, 0.2) is 45.9 Å². The van der Waals surface area contributed by atoms with E-state index >= 15 is 0 Å². The van der Waals surface area contributed by atoms with Gasteiger partial charge in [-0.25, -0.2) is 4.98 Å². The summed E-state index contributed by atoms with van der Waals surface area (Å²) in [5, 5.41) is 14.8. The van der Waals surface area contributed by atoms with Gasteiger partial charge < -0.3 is 9.74 Å². The van der Waals surface area contributed by atoms with Crippen molar-refractivity contribution >= 4 is 46.3 Å². The summed E-state index contributed by atoms with van der Waals surface area (Å²) in [7, 11) is 0. The van der Waals surface area contributed by atoms with Crippen LogP contribution in [-0.2, 0) is 15.8 Å². The van der Waals surface area contributed by atoms with Crippen LogP contribution in [0.3, 0.4) is 0 Å². The summed E-state index contributed by atoms with van der Waals surface area (Å²) in [6, 6.07) is 10.6. The molecule has 2 aromatic heterocycles. The number of hydrogen-bond acceptors (Lipinski definition) is 8. The van der Waals surface area contributed by atoms with Gasteiger partial charge >= 0.3 is 6.18 Å². The zero-order chi connectivity index (χ0) is 26.0. The van der Waals surface area contributed by atoms with Gasteiger partial charge in [0.15, 0.2) is 11.8 Å². The number of alkyl halides is 3. The van der Waals surface area contributed by atoms with Crippen LogP contribution in [0.2, 0.25) is 5.02 Å². The summed E-state index contributed by atoms with van der Waals surface area (Å²) < 4.78 is 37.8. The summed E-state index contributed by atoms with van der Waals surface area (Å²) in [6.07, 6.45) is -2.69. The topological polar surface area (TPSA) is 80.6 Å². The molecule has 1 fully saturated rings. The lowest BCUT2D eigenvalue weighted by Crippen LogP contribution is -2.38. The number of thiazole rings is 1. The van der Waals surface area contributed by atoms with Crippen molar-refractivity contribution in [1.82, 2.24) is 20.1 Å². The summed E-state index contributed by atoms with van der Waals surface area (Å²) in [5.74, 6) is 0.257. The Morgan fingerprint density at radius 3 is 2.76 bits per heavy atom. The standard InChI is InChI=1S/C24H20ClF3N5O2S2/c25-16-4-2-1-3-15(16)19-11-17(32-35-19)18-12-37-23(29-18)14-7-9-33(10-8-14)22(34)13-36-21-6-5-20(30-31-21)24(26,27)28/h1-2,4-6,12,14,19H,7-11,13H2. The van der Waals surface area contributed by atoms with Gasteiger partial charge in [-0.2, -0.15) is 13.2 Å². The smallest absolute Gasteiger partial charge is 0.387 e. The molecule has 7 nitrogen and oxygen atoms in total. The highest BCUT2D eigenvalue weighted by atomic mass is 35.5. The minimum atomic E-state index is -4.54. The summed E-state index contributed by atoms with van der Waals surface area (Å²) in [5.41, 5.74) is 1.29. The number of thioether (sulfide) groups is 1. The monoisotopic (exact) mass is 566 g/mol. The Morgan fingerprint density at radius 2 is 2.05 bits per heavy atom. The van der Waals surface area contributed by atoms with Crippen molar-refractivity contribution in [2.75, 3.05) is 18.8 Å². The van der Waals surface area contributed by atoms with Crippen molar-refractivity contribution in [2.45, 2.75) is 42.5 Å². The molecule has 2 aliphatic heterocycles. The molecule has 3 aromatic rings. The second-order valence-corrected chi connectivity index (χ2v) is 10.8. The first-order valence-electron chi connectivity index (χ1n) is 11.4. The molecule has 1 amide bonds. The number of oxime groups is 1. The van der Waals surface area contributed by atoms with Crippen molar-refractivity contribution in [3.05, 3.63) is 68.8 Å². The first-order chi connectivity index (χ1) is 17.8. The van der Waals surface area contributed by atoms with Crippen molar-refractivity contribution in [2.24, 2.45) is 5.16 Å². The molecule has 0 spiro atoms. The van der Waals surface area contributed by atoms with Crippen molar-refractivity contribution in [1.29, 1.82) is 0 Å². The second kappa shape index (κ2) is 11.0. The molecule has 37 heavy (non-hydrogen) atoms. The predicted octanol–water partition coefficient (Wildman–Crippen LogP) is 5.77. The van der Waals surface area contributed by atoms with Gasteiger partial charge in [0.1, 0.15) is 10.7 Å². The van der Waals surface area contributed by atoms with E-state index in [0.29, 0.717) is 24.5 Å². The van der Waals surface area contributed by atoms with Crippen molar-refractivity contribution in [3.63, 3.8) is 0 Å². The predicted molar refractivity (Wildman–Crippen MR) is 134 cm³/mol. The zero-order valence-electron chi connectivity index (χ0n) is 19.2. The molecule has 0 aliphatic carbocycles. The minimum Gasteiger partial charge on any atom is -0.387 e. The molecule has 0 saturated carbocycles. The number of benzene rings is 1. The number of aromatic nitrogens is 3. The Labute approximate surface area is 224 Å².